The Kier molecular flexibility index (Phi) is 7.41. The molecule has 1 N–H and O–H groups in total. The molecular formula is C28H30FN3O5. The molecule has 1 fully saturated rings. The van der Waals surface area contributed by atoms with E-state index in [9.17, 15) is 4.79 Å². The van der Waals surface area contributed by atoms with E-state index in [1.165, 1.54) is 0 Å². The normalized spacial score (nSPS) is 14.1. The van der Waals surface area contributed by atoms with Crippen LogP contribution in [0.1, 0.15) is 25.0 Å². The van der Waals surface area contributed by atoms with Gasteiger partial charge in [-0.2, -0.15) is 0 Å². The van der Waals surface area contributed by atoms with Gasteiger partial charge in [0, 0.05) is 60.4 Å². The van der Waals surface area contributed by atoms with E-state index in [2.05, 4.69) is 9.97 Å². The van der Waals surface area contributed by atoms with Gasteiger partial charge in [-0.05, 0) is 50.1 Å². The smallest absolute Gasteiger partial charge is 0.222 e. The first-order valence-corrected chi connectivity index (χ1v) is 12.4. The molecule has 194 valence electrons. The second-order valence-electron chi connectivity index (χ2n) is 9.02. The number of methoxy groups -OCH3 is 1. The number of H-pyrrole nitrogens is 1. The van der Waals surface area contributed by atoms with Gasteiger partial charge in [-0.15, -0.1) is 0 Å². The third-order valence-electron chi connectivity index (χ3n) is 6.41. The van der Waals surface area contributed by atoms with E-state index in [-0.39, 0.29) is 11.7 Å². The lowest BCUT2D eigenvalue weighted by atomic mass is 10.1. The van der Waals surface area contributed by atoms with Gasteiger partial charge in [0.15, 0.2) is 23.1 Å². The average molecular weight is 508 g/mol. The molecule has 1 amide bonds. The molecule has 0 radical (unpaired) electrons. The first-order chi connectivity index (χ1) is 18.0. The summed E-state index contributed by atoms with van der Waals surface area (Å²) in [4.78, 5) is 21.9. The zero-order valence-corrected chi connectivity index (χ0v) is 21.0. The Morgan fingerprint density at radius 1 is 1.08 bits per heavy atom. The molecule has 2 aromatic carbocycles. The van der Waals surface area contributed by atoms with E-state index in [1.807, 2.05) is 11.8 Å². The fourth-order valence-electron chi connectivity index (χ4n) is 4.53. The van der Waals surface area contributed by atoms with Crippen LogP contribution in [-0.4, -0.2) is 60.8 Å². The number of carbonyl (C=O) groups is 1. The second kappa shape index (κ2) is 11.0. The Hall–Kier alpha value is -3.85. The van der Waals surface area contributed by atoms with Crippen LogP contribution in [0.2, 0.25) is 0 Å². The minimum absolute atomic E-state index is 0.114. The van der Waals surface area contributed by atoms with Gasteiger partial charge in [0.1, 0.15) is 5.75 Å². The number of nitrogens with zero attached hydrogens (tertiary/aromatic N) is 2. The number of rotatable bonds is 8. The third kappa shape index (κ3) is 5.46. The van der Waals surface area contributed by atoms with Gasteiger partial charge >= 0.3 is 0 Å². The van der Waals surface area contributed by atoms with E-state index in [0.717, 1.165) is 18.7 Å². The number of nitrogens with one attached hydrogen (secondary N) is 1. The first kappa shape index (κ1) is 24.8. The minimum atomic E-state index is -0.430. The molecule has 0 bridgehead atoms. The maximum absolute atomic E-state index is 15.1. The highest BCUT2D eigenvalue weighted by Crippen LogP contribution is 2.38. The highest BCUT2D eigenvalue weighted by atomic mass is 19.1. The summed E-state index contributed by atoms with van der Waals surface area (Å²) >= 11 is 0. The summed E-state index contributed by atoms with van der Waals surface area (Å²) < 4.78 is 38.0. The van der Waals surface area contributed by atoms with Crippen LogP contribution in [-0.2, 0) is 9.53 Å². The summed E-state index contributed by atoms with van der Waals surface area (Å²) in [5.74, 6) is 1.28. The summed E-state index contributed by atoms with van der Waals surface area (Å²) in [6.45, 7) is 4.89. The summed E-state index contributed by atoms with van der Waals surface area (Å²) in [5, 5.41) is 1.14. The predicted octanol–water partition coefficient (Wildman–Crippen LogP) is 5.37. The Labute approximate surface area is 214 Å². The molecule has 1 saturated heterocycles. The highest BCUT2D eigenvalue weighted by molar-refractivity contribution is 5.89. The average Bonchev–Trinajstić information content (AvgIpc) is 3.10. The SMILES string of the molecule is COc1cc2c(Oc3ccc4[nH]c(C)cc4c3F)ccnc2cc1OCCCC(=O)N1CCCOCC1. The number of aromatic amines is 1. The summed E-state index contributed by atoms with van der Waals surface area (Å²) in [6, 6.07) is 10.4. The molecule has 0 spiro atoms. The molecule has 0 aliphatic carbocycles. The van der Waals surface area contributed by atoms with Crippen molar-refractivity contribution in [3.8, 4) is 23.0 Å². The molecule has 3 heterocycles. The van der Waals surface area contributed by atoms with Crippen LogP contribution >= 0.6 is 0 Å². The lowest BCUT2D eigenvalue weighted by Crippen LogP contribution is -2.33. The maximum Gasteiger partial charge on any atom is 0.222 e. The Balaban J connectivity index is 1.29. The molecule has 1 aliphatic rings. The van der Waals surface area contributed by atoms with Gasteiger partial charge in [-0.1, -0.05) is 0 Å². The van der Waals surface area contributed by atoms with Crippen molar-refractivity contribution in [1.82, 2.24) is 14.9 Å². The van der Waals surface area contributed by atoms with E-state index in [1.54, 1.807) is 49.7 Å². The number of fused-ring (bicyclic) bond motifs is 2. The molecule has 1 aliphatic heterocycles. The maximum atomic E-state index is 15.1. The summed E-state index contributed by atoms with van der Waals surface area (Å²) in [7, 11) is 1.55. The van der Waals surface area contributed by atoms with Crippen LogP contribution in [0.4, 0.5) is 4.39 Å². The Bertz CT molecular complexity index is 1410. The molecule has 2 aromatic heterocycles. The number of amides is 1. The fraction of sp³-hybridized carbons (Fsp3) is 0.357. The van der Waals surface area contributed by atoms with Crippen molar-refractivity contribution in [2.45, 2.75) is 26.2 Å². The van der Waals surface area contributed by atoms with Crippen LogP contribution in [0.3, 0.4) is 0 Å². The molecule has 4 aromatic rings. The molecule has 5 rings (SSSR count). The number of hydrogen-bond acceptors (Lipinski definition) is 6. The van der Waals surface area contributed by atoms with Crippen LogP contribution in [0, 0.1) is 12.7 Å². The molecular weight excluding hydrogens is 477 g/mol. The van der Waals surface area contributed by atoms with E-state index < -0.39 is 5.82 Å². The van der Waals surface area contributed by atoms with Crippen molar-refractivity contribution in [2.75, 3.05) is 40.0 Å². The first-order valence-electron chi connectivity index (χ1n) is 12.4. The van der Waals surface area contributed by atoms with E-state index in [4.69, 9.17) is 18.9 Å². The zero-order chi connectivity index (χ0) is 25.8. The number of hydrogen-bond donors (Lipinski definition) is 1. The summed E-state index contributed by atoms with van der Waals surface area (Å²) in [6.07, 6.45) is 3.45. The molecule has 37 heavy (non-hydrogen) atoms. The van der Waals surface area contributed by atoms with Gasteiger partial charge < -0.3 is 28.8 Å². The Morgan fingerprint density at radius 3 is 2.84 bits per heavy atom. The third-order valence-corrected chi connectivity index (χ3v) is 6.41. The lowest BCUT2D eigenvalue weighted by Gasteiger charge is -2.19. The molecule has 0 atom stereocenters. The largest absolute Gasteiger partial charge is 0.493 e. The van der Waals surface area contributed by atoms with Crippen molar-refractivity contribution in [3.05, 3.63) is 54.1 Å². The number of aromatic nitrogens is 2. The minimum Gasteiger partial charge on any atom is -0.493 e. The van der Waals surface area contributed by atoms with Crippen molar-refractivity contribution in [2.24, 2.45) is 0 Å². The van der Waals surface area contributed by atoms with E-state index in [0.29, 0.717) is 78.3 Å². The van der Waals surface area contributed by atoms with Gasteiger partial charge in [0.2, 0.25) is 5.91 Å². The number of aryl methyl sites for hydroxylation is 1. The summed E-state index contributed by atoms with van der Waals surface area (Å²) in [5.41, 5.74) is 2.21. The van der Waals surface area contributed by atoms with Crippen LogP contribution in [0.25, 0.3) is 21.8 Å². The standard InChI is InChI=1S/C28H30FN3O5/c1-18-15-20-21(31-18)6-7-24(28(20)29)37-23-8-9-30-22-17-26(25(34-2)16-19(22)23)36-13-3-5-27(33)32-10-4-12-35-14-11-32/h6-9,15-17,31H,3-5,10-14H2,1-2H3. The Morgan fingerprint density at radius 2 is 1.97 bits per heavy atom. The van der Waals surface area contributed by atoms with Crippen LogP contribution in [0.5, 0.6) is 23.0 Å². The quantitative estimate of drug-likeness (QED) is 0.323. The monoisotopic (exact) mass is 507 g/mol. The van der Waals surface area contributed by atoms with Crippen molar-refractivity contribution >= 4 is 27.7 Å². The number of carbonyl (C=O) groups excluding carboxylic acids is 1. The van der Waals surface area contributed by atoms with Gasteiger partial charge in [0.05, 0.1) is 25.8 Å². The highest BCUT2D eigenvalue weighted by Gasteiger charge is 2.17. The number of pyridine rings is 1. The fourth-order valence-corrected chi connectivity index (χ4v) is 4.53. The van der Waals surface area contributed by atoms with Gasteiger partial charge in [0.25, 0.3) is 0 Å². The number of halogens is 1. The molecule has 0 unspecified atom stereocenters. The van der Waals surface area contributed by atoms with Gasteiger partial charge in [-0.3, -0.25) is 9.78 Å². The van der Waals surface area contributed by atoms with Crippen LogP contribution < -0.4 is 14.2 Å². The second-order valence-corrected chi connectivity index (χ2v) is 9.02. The topological polar surface area (TPSA) is 85.9 Å². The van der Waals surface area contributed by atoms with E-state index >= 15 is 4.39 Å². The van der Waals surface area contributed by atoms with Crippen molar-refractivity contribution in [1.29, 1.82) is 0 Å². The van der Waals surface area contributed by atoms with Crippen molar-refractivity contribution in [3.63, 3.8) is 0 Å². The lowest BCUT2D eigenvalue weighted by molar-refractivity contribution is -0.131. The molecule has 0 saturated carbocycles. The number of benzene rings is 2. The van der Waals surface area contributed by atoms with Crippen molar-refractivity contribution < 1.29 is 28.1 Å². The van der Waals surface area contributed by atoms with Crippen LogP contribution in [0.15, 0.2) is 42.6 Å². The predicted molar refractivity (Wildman–Crippen MR) is 138 cm³/mol. The molecule has 9 heteroatoms. The molecule has 8 nitrogen and oxygen atoms in total. The number of ether oxygens (including phenoxy) is 4. The zero-order valence-electron chi connectivity index (χ0n) is 21.0. The van der Waals surface area contributed by atoms with Gasteiger partial charge in [-0.25, -0.2) is 4.39 Å².